The third-order valence-electron chi connectivity index (χ3n) is 2.96. The van der Waals surface area contributed by atoms with Gasteiger partial charge in [-0.25, -0.2) is 4.79 Å². The predicted octanol–water partition coefficient (Wildman–Crippen LogP) is 3.13. The minimum absolute atomic E-state index is 0.147. The van der Waals surface area contributed by atoms with Gasteiger partial charge in [0.05, 0.1) is 5.69 Å². The van der Waals surface area contributed by atoms with E-state index in [2.05, 4.69) is 21.7 Å². The van der Waals surface area contributed by atoms with Crippen LogP contribution in [0.15, 0.2) is 18.2 Å². The molecule has 0 aliphatic rings. The molecule has 1 aromatic rings. The maximum Gasteiger partial charge on any atom is 0.326 e. The number of aliphatic carboxylic acids is 1. The number of benzene rings is 1. The zero-order chi connectivity index (χ0) is 16.6. The molecule has 0 saturated heterocycles. The highest BCUT2D eigenvalue weighted by Gasteiger charge is 2.28. The van der Waals surface area contributed by atoms with Gasteiger partial charge in [-0.1, -0.05) is 18.2 Å². The molecule has 21 heavy (non-hydrogen) atoms. The van der Waals surface area contributed by atoms with Gasteiger partial charge in [-0.05, 0) is 31.9 Å². The van der Waals surface area contributed by atoms with Crippen molar-refractivity contribution in [2.24, 2.45) is 0 Å². The van der Waals surface area contributed by atoms with Gasteiger partial charge >= 0.3 is 5.97 Å². The molecule has 1 N–H and O–H groups in total. The topological polar surface area (TPSA) is 66.8 Å². The van der Waals surface area contributed by atoms with E-state index >= 15 is 0 Å². The van der Waals surface area contributed by atoms with Crippen molar-refractivity contribution in [1.29, 1.82) is 0 Å². The zero-order valence-electron chi connectivity index (χ0n) is 12.4. The average Bonchev–Trinajstić information content (AvgIpc) is 2.44. The molecule has 0 aromatic heterocycles. The van der Waals surface area contributed by atoms with Crippen LogP contribution in [0, 0.1) is 13.8 Å². The summed E-state index contributed by atoms with van der Waals surface area (Å²) in [5.74, 6) is -1.41. The second kappa shape index (κ2) is 9.60. The van der Waals surface area contributed by atoms with E-state index in [0.29, 0.717) is 5.69 Å². The Morgan fingerprint density at radius 3 is 2.14 bits per heavy atom. The average molecular weight is 336 g/mol. The minimum Gasteiger partial charge on any atom is -0.480 e. The number of methoxy groups -OCH3 is 1. The highest BCUT2D eigenvalue weighted by molar-refractivity contribution is 6.85. The molecule has 0 fully saturated rings. The van der Waals surface area contributed by atoms with Crippen LogP contribution in [0.4, 0.5) is 5.69 Å². The van der Waals surface area contributed by atoms with Crippen molar-refractivity contribution in [2.75, 3.05) is 18.6 Å². The fourth-order valence-corrected chi connectivity index (χ4v) is 2.02. The summed E-state index contributed by atoms with van der Waals surface area (Å²) in [7, 11) is 9.63. The smallest absolute Gasteiger partial charge is 0.326 e. The number of carbonyl (C=O) groups excluding carboxylic acids is 1. The predicted molar refractivity (Wildman–Crippen MR) is 84.1 cm³/mol. The zero-order valence-corrected chi connectivity index (χ0v) is 13.9. The van der Waals surface area contributed by atoms with E-state index in [0.717, 1.165) is 11.1 Å². The summed E-state index contributed by atoms with van der Waals surface area (Å²) in [6.07, 6.45) is 0. The number of amides is 1. The van der Waals surface area contributed by atoms with Crippen molar-refractivity contribution < 1.29 is 19.4 Å². The second-order valence-electron chi connectivity index (χ2n) is 4.45. The Bertz CT molecular complexity index is 474. The Balaban J connectivity index is 0.00000191. The molecule has 0 radical (unpaired) electrons. The molecular formula is C14H19Cl2NO4. The fourth-order valence-electron chi connectivity index (χ4n) is 2.02. The molecule has 1 rings (SSSR count). The first kappa shape index (κ1) is 19.7. The molecule has 7 heteroatoms. The number of aryl methyl sites for hydroxylation is 2. The number of para-hydroxylation sites is 1. The maximum atomic E-state index is 12.1. The number of hydrogen-bond donors (Lipinski definition) is 1. The quantitative estimate of drug-likeness (QED) is 0.897. The van der Waals surface area contributed by atoms with Crippen LogP contribution in [0.5, 0.6) is 0 Å². The first-order valence-electron chi connectivity index (χ1n) is 6.14. The number of hydrogen-bond acceptors (Lipinski definition) is 3. The van der Waals surface area contributed by atoms with Gasteiger partial charge in [0, 0.05) is 28.8 Å². The van der Waals surface area contributed by atoms with Gasteiger partial charge < -0.3 is 9.84 Å². The molecule has 0 heterocycles. The Kier molecular flexibility index (Phi) is 9.01. The minimum atomic E-state index is -1.05. The number of nitrogens with zero attached hydrogens (tertiary/aromatic N) is 1. The number of carboxylic acids is 1. The highest BCUT2D eigenvalue weighted by Crippen LogP contribution is 2.26. The highest BCUT2D eigenvalue weighted by atomic mass is 36.5. The lowest BCUT2D eigenvalue weighted by atomic mass is 10.1. The van der Waals surface area contributed by atoms with E-state index in [-0.39, 0.29) is 12.5 Å². The Hall–Kier alpha value is -1.30. The van der Waals surface area contributed by atoms with Crippen molar-refractivity contribution >= 4 is 39.3 Å². The third-order valence-corrected chi connectivity index (χ3v) is 2.96. The van der Waals surface area contributed by atoms with Crippen LogP contribution in [0.2, 0.25) is 0 Å². The van der Waals surface area contributed by atoms with Gasteiger partial charge in [-0.3, -0.25) is 9.69 Å². The van der Waals surface area contributed by atoms with Crippen molar-refractivity contribution in [2.45, 2.75) is 26.8 Å². The number of carbonyl (C=O) groups is 2. The van der Waals surface area contributed by atoms with E-state index in [9.17, 15) is 14.7 Å². The lowest BCUT2D eigenvalue weighted by molar-refractivity contribution is -0.140. The summed E-state index contributed by atoms with van der Waals surface area (Å²) >= 11 is 0. The van der Waals surface area contributed by atoms with Crippen LogP contribution in [0.1, 0.15) is 18.1 Å². The summed E-state index contributed by atoms with van der Waals surface area (Å²) in [5.41, 5.74) is 2.36. The number of rotatable bonds is 5. The van der Waals surface area contributed by atoms with Crippen molar-refractivity contribution in [3.05, 3.63) is 29.3 Å². The van der Waals surface area contributed by atoms with Crippen LogP contribution >= 0.6 is 21.7 Å². The van der Waals surface area contributed by atoms with E-state index in [1.54, 1.807) is 0 Å². The van der Waals surface area contributed by atoms with Gasteiger partial charge in [0.15, 0.2) is 0 Å². The molecule has 1 unspecified atom stereocenters. The molecule has 0 bridgehead atoms. The van der Waals surface area contributed by atoms with Crippen molar-refractivity contribution in [1.82, 2.24) is 0 Å². The molecule has 0 saturated carbocycles. The Morgan fingerprint density at radius 1 is 1.29 bits per heavy atom. The number of ether oxygens (including phenoxy) is 1. The molecule has 0 aliphatic heterocycles. The first-order valence-corrected chi connectivity index (χ1v) is 7.28. The molecule has 5 nitrogen and oxygen atoms in total. The van der Waals surface area contributed by atoms with Crippen LogP contribution in [0.25, 0.3) is 0 Å². The summed E-state index contributed by atoms with van der Waals surface area (Å²) in [5, 5.41) is 9.18. The summed E-state index contributed by atoms with van der Waals surface area (Å²) < 4.78 is 4.83. The standard InChI is InChI=1S/C14H19NO4.Cl2/c1-9-6-5-7-10(2)13(9)15(11(3)14(17)18)12(16)8-19-4;1-2/h5-7,11H,8H2,1-4H3,(H,17,18);. The molecular weight excluding hydrogens is 317 g/mol. The van der Waals surface area contributed by atoms with Crippen LogP contribution in [-0.2, 0) is 14.3 Å². The fraction of sp³-hybridized carbons (Fsp3) is 0.429. The molecule has 1 aromatic carbocycles. The van der Waals surface area contributed by atoms with Crippen molar-refractivity contribution in [3.8, 4) is 0 Å². The SMILES string of the molecule is COCC(=O)N(c1c(C)cccc1C)C(C)C(=O)O.ClCl. The normalized spacial score (nSPS) is 11.1. The maximum absolute atomic E-state index is 12.1. The molecule has 1 atom stereocenters. The van der Waals surface area contributed by atoms with Crippen molar-refractivity contribution in [3.63, 3.8) is 0 Å². The first-order chi connectivity index (χ1) is 9.90. The summed E-state index contributed by atoms with van der Waals surface area (Å²) in [6.45, 7) is 5.04. The van der Waals surface area contributed by atoms with E-state index < -0.39 is 12.0 Å². The van der Waals surface area contributed by atoms with Crippen LogP contribution in [0.3, 0.4) is 0 Å². The number of anilines is 1. The third kappa shape index (κ3) is 5.19. The van der Waals surface area contributed by atoms with E-state index in [4.69, 9.17) is 4.74 Å². The second-order valence-corrected chi connectivity index (χ2v) is 4.45. The molecule has 0 aliphatic carbocycles. The lowest BCUT2D eigenvalue weighted by Gasteiger charge is -2.29. The number of carboxylic acid groups (broad SMARTS) is 1. The van der Waals surface area contributed by atoms with Gasteiger partial charge in [-0.15, -0.1) is 0 Å². The van der Waals surface area contributed by atoms with Gasteiger partial charge in [0.1, 0.15) is 12.6 Å². The summed E-state index contributed by atoms with van der Waals surface area (Å²) in [6, 6.07) is 4.63. The van der Waals surface area contributed by atoms with Gasteiger partial charge in [0.2, 0.25) is 0 Å². The Morgan fingerprint density at radius 2 is 1.76 bits per heavy atom. The van der Waals surface area contributed by atoms with Gasteiger partial charge in [-0.2, -0.15) is 0 Å². The molecule has 1 amide bonds. The van der Waals surface area contributed by atoms with Crippen LogP contribution in [-0.4, -0.2) is 36.7 Å². The monoisotopic (exact) mass is 335 g/mol. The number of halogens is 2. The lowest BCUT2D eigenvalue weighted by Crippen LogP contribution is -2.45. The molecule has 0 spiro atoms. The molecule has 118 valence electrons. The largest absolute Gasteiger partial charge is 0.480 e. The van der Waals surface area contributed by atoms with E-state index in [1.807, 2.05) is 32.0 Å². The van der Waals surface area contributed by atoms with E-state index in [1.165, 1.54) is 18.9 Å². The Labute approximate surface area is 134 Å². The van der Waals surface area contributed by atoms with Gasteiger partial charge in [0.25, 0.3) is 5.91 Å². The van der Waals surface area contributed by atoms with Crippen LogP contribution < -0.4 is 4.90 Å². The summed E-state index contributed by atoms with van der Waals surface area (Å²) in [4.78, 5) is 24.6.